The van der Waals surface area contributed by atoms with Gasteiger partial charge < -0.3 is 14.4 Å². The second-order valence-corrected chi connectivity index (χ2v) is 5.52. The van der Waals surface area contributed by atoms with Gasteiger partial charge in [0, 0.05) is 12.3 Å². The summed E-state index contributed by atoms with van der Waals surface area (Å²) in [6.45, 7) is 0.620. The molecular formula is C17H15F3N2O3. The molecule has 0 atom stereocenters. The van der Waals surface area contributed by atoms with Gasteiger partial charge in [0.2, 0.25) is 5.88 Å². The van der Waals surface area contributed by atoms with Gasteiger partial charge in [0.25, 0.3) is 5.91 Å². The van der Waals surface area contributed by atoms with Gasteiger partial charge in [0.1, 0.15) is 11.9 Å². The fourth-order valence-electron chi connectivity index (χ4n) is 2.26. The number of alkyl halides is 3. The molecule has 0 aliphatic carbocycles. The molecule has 1 fully saturated rings. The van der Waals surface area contributed by atoms with E-state index in [1.54, 1.807) is 17.0 Å². The van der Waals surface area contributed by atoms with Crippen LogP contribution in [0.5, 0.6) is 11.6 Å². The molecule has 0 bridgehead atoms. The first-order chi connectivity index (χ1) is 11.9. The predicted molar refractivity (Wildman–Crippen MR) is 82.2 cm³/mol. The number of hydrogen-bond acceptors (Lipinski definition) is 4. The van der Waals surface area contributed by atoms with Crippen molar-refractivity contribution in [3.8, 4) is 11.6 Å². The Labute approximate surface area is 142 Å². The van der Waals surface area contributed by atoms with Gasteiger partial charge in [0.05, 0.1) is 18.7 Å². The van der Waals surface area contributed by atoms with Crippen LogP contribution in [0.1, 0.15) is 5.56 Å². The minimum absolute atomic E-state index is 0.0741. The summed E-state index contributed by atoms with van der Waals surface area (Å²) in [6.07, 6.45) is -3.99. The van der Waals surface area contributed by atoms with E-state index in [2.05, 4.69) is 4.98 Å². The van der Waals surface area contributed by atoms with E-state index in [1.807, 2.05) is 18.2 Å². The molecule has 3 rings (SSSR count). The first-order valence-electron chi connectivity index (χ1n) is 7.57. The Bertz CT molecular complexity index is 714. The normalized spacial score (nSPS) is 14.8. The Kier molecular flexibility index (Phi) is 4.78. The molecule has 1 aliphatic rings. The Morgan fingerprint density at radius 1 is 1.16 bits per heavy atom. The predicted octanol–water partition coefficient (Wildman–Crippen LogP) is 2.77. The number of benzene rings is 1. The van der Waals surface area contributed by atoms with Gasteiger partial charge in [-0.1, -0.05) is 18.2 Å². The van der Waals surface area contributed by atoms with E-state index in [9.17, 15) is 18.0 Å². The van der Waals surface area contributed by atoms with E-state index in [4.69, 9.17) is 9.47 Å². The van der Waals surface area contributed by atoms with Crippen LogP contribution in [0.3, 0.4) is 0 Å². The number of aromatic nitrogens is 1. The van der Waals surface area contributed by atoms with Gasteiger partial charge in [-0.15, -0.1) is 0 Å². The second-order valence-electron chi connectivity index (χ2n) is 5.52. The third kappa shape index (κ3) is 4.40. The van der Waals surface area contributed by atoms with Gasteiger partial charge in [-0.05, 0) is 18.2 Å². The number of carbonyl (C=O) groups is 1. The average molecular weight is 352 g/mol. The largest absolute Gasteiger partial charge is 0.484 e. The second kappa shape index (κ2) is 7.00. The van der Waals surface area contributed by atoms with Gasteiger partial charge in [-0.2, -0.15) is 13.2 Å². The van der Waals surface area contributed by atoms with Crippen molar-refractivity contribution in [1.29, 1.82) is 0 Å². The molecule has 0 saturated carbocycles. The van der Waals surface area contributed by atoms with Gasteiger partial charge in [-0.25, -0.2) is 4.98 Å². The van der Waals surface area contributed by atoms with E-state index in [-0.39, 0.29) is 24.5 Å². The summed E-state index contributed by atoms with van der Waals surface area (Å²) in [5.74, 6) is 0.535. The monoisotopic (exact) mass is 352 g/mol. The van der Waals surface area contributed by atoms with Crippen molar-refractivity contribution in [2.45, 2.75) is 12.3 Å². The van der Waals surface area contributed by atoms with Crippen LogP contribution in [-0.4, -0.2) is 41.6 Å². The Balaban J connectivity index is 1.42. The number of hydrogen-bond donors (Lipinski definition) is 0. The minimum Gasteiger partial charge on any atom is -0.484 e. The van der Waals surface area contributed by atoms with Crippen molar-refractivity contribution in [2.75, 3.05) is 19.7 Å². The Hall–Kier alpha value is -2.77. The summed E-state index contributed by atoms with van der Waals surface area (Å²) in [4.78, 5) is 17.2. The molecule has 1 aromatic carbocycles. The lowest BCUT2D eigenvalue weighted by Gasteiger charge is -2.38. The first-order valence-corrected chi connectivity index (χ1v) is 7.57. The molecule has 2 aromatic rings. The summed E-state index contributed by atoms with van der Waals surface area (Å²) in [6, 6.07) is 11.1. The molecule has 1 aliphatic heterocycles. The average Bonchev–Trinajstić information content (AvgIpc) is 2.56. The van der Waals surface area contributed by atoms with E-state index >= 15 is 0 Å². The smallest absolute Gasteiger partial charge is 0.417 e. The summed E-state index contributed by atoms with van der Waals surface area (Å²) in [7, 11) is 0. The molecule has 1 saturated heterocycles. The van der Waals surface area contributed by atoms with Crippen molar-refractivity contribution >= 4 is 5.91 Å². The lowest BCUT2D eigenvalue weighted by atomic mass is 10.1. The van der Waals surface area contributed by atoms with E-state index < -0.39 is 11.7 Å². The number of halogens is 3. The highest BCUT2D eigenvalue weighted by Gasteiger charge is 2.33. The van der Waals surface area contributed by atoms with Crippen LogP contribution in [-0.2, 0) is 11.0 Å². The fourth-order valence-corrected chi connectivity index (χ4v) is 2.26. The molecule has 5 nitrogen and oxygen atoms in total. The molecule has 2 heterocycles. The van der Waals surface area contributed by atoms with Gasteiger partial charge in [-0.3, -0.25) is 4.79 Å². The number of amides is 1. The summed E-state index contributed by atoms with van der Waals surface area (Å²) in [5, 5.41) is 0. The molecule has 1 aromatic heterocycles. The number of likely N-dealkylation sites (tertiary alicyclic amines) is 1. The van der Waals surface area contributed by atoms with E-state index in [0.29, 0.717) is 18.8 Å². The highest BCUT2D eigenvalue weighted by Crippen LogP contribution is 2.29. The number of para-hydroxylation sites is 1. The molecular weight excluding hydrogens is 337 g/mol. The van der Waals surface area contributed by atoms with E-state index in [0.717, 1.165) is 12.3 Å². The number of ether oxygens (including phenoxy) is 2. The zero-order valence-corrected chi connectivity index (χ0v) is 13.1. The van der Waals surface area contributed by atoms with Crippen LogP contribution in [0.4, 0.5) is 13.2 Å². The van der Waals surface area contributed by atoms with Crippen molar-refractivity contribution in [3.63, 3.8) is 0 Å². The summed E-state index contributed by atoms with van der Waals surface area (Å²) < 4.78 is 48.2. The van der Waals surface area contributed by atoms with Crippen LogP contribution < -0.4 is 9.47 Å². The SMILES string of the molecule is O=C(COc1ccccc1)N1CC(Oc2ccc(C(F)(F)F)cn2)C1. The molecule has 25 heavy (non-hydrogen) atoms. The van der Waals surface area contributed by atoms with Crippen molar-refractivity contribution in [1.82, 2.24) is 9.88 Å². The topological polar surface area (TPSA) is 51.7 Å². The first kappa shape index (κ1) is 17.1. The zero-order valence-electron chi connectivity index (χ0n) is 13.1. The minimum atomic E-state index is -4.43. The lowest BCUT2D eigenvalue weighted by molar-refractivity contribution is -0.142. The molecule has 8 heteroatoms. The molecule has 132 valence electrons. The van der Waals surface area contributed by atoms with Gasteiger partial charge in [0.15, 0.2) is 6.61 Å². The number of nitrogens with zero attached hydrogens (tertiary/aromatic N) is 2. The molecule has 0 unspecified atom stereocenters. The maximum absolute atomic E-state index is 12.5. The molecule has 0 radical (unpaired) electrons. The van der Waals surface area contributed by atoms with Crippen molar-refractivity contribution in [3.05, 3.63) is 54.2 Å². The molecule has 1 amide bonds. The molecule has 0 N–H and O–H groups in total. The van der Waals surface area contributed by atoms with Crippen LogP contribution in [0, 0.1) is 0 Å². The fraction of sp³-hybridized carbons (Fsp3) is 0.294. The highest BCUT2D eigenvalue weighted by atomic mass is 19.4. The van der Waals surface area contributed by atoms with Crippen molar-refractivity contribution in [2.24, 2.45) is 0 Å². The number of rotatable bonds is 5. The van der Waals surface area contributed by atoms with E-state index in [1.165, 1.54) is 6.07 Å². The van der Waals surface area contributed by atoms with Crippen molar-refractivity contribution < 1.29 is 27.4 Å². The Morgan fingerprint density at radius 3 is 2.48 bits per heavy atom. The summed E-state index contributed by atoms with van der Waals surface area (Å²) in [5.41, 5.74) is -0.830. The maximum atomic E-state index is 12.5. The highest BCUT2D eigenvalue weighted by molar-refractivity contribution is 5.78. The third-order valence-corrected chi connectivity index (χ3v) is 3.66. The van der Waals surface area contributed by atoms with Gasteiger partial charge >= 0.3 is 6.18 Å². The zero-order chi connectivity index (χ0) is 17.9. The standard InChI is InChI=1S/C17H15F3N2O3/c18-17(19,20)12-6-7-15(21-8-12)25-14-9-22(10-14)16(23)11-24-13-4-2-1-3-5-13/h1-8,14H,9-11H2. The van der Waals surface area contributed by atoms with Crippen LogP contribution in [0.15, 0.2) is 48.7 Å². The number of carbonyl (C=O) groups excluding carboxylic acids is 1. The van der Waals surface area contributed by atoms with Crippen LogP contribution >= 0.6 is 0 Å². The van der Waals surface area contributed by atoms with Crippen LogP contribution in [0.25, 0.3) is 0 Å². The lowest BCUT2D eigenvalue weighted by Crippen LogP contribution is -2.57. The maximum Gasteiger partial charge on any atom is 0.417 e. The van der Waals surface area contributed by atoms with Crippen LogP contribution in [0.2, 0.25) is 0 Å². The third-order valence-electron chi connectivity index (χ3n) is 3.66. The summed E-state index contributed by atoms with van der Waals surface area (Å²) >= 11 is 0. The molecule has 0 spiro atoms. The number of pyridine rings is 1. The quantitative estimate of drug-likeness (QED) is 0.830. The Morgan fingerprint density at radius 2 is 1.88 bits per heavy atom.